The van der Waals surface area contributed by atoms with Gasteiger partial charge in [-0.15, -0.1) is 0 Å². The zero-order valence-corrected chi connectivity index (χ0v) is 23.3. The Balaban J connectivity index is 1.74. The third-order valence-corrected chi connectivity index (χ3v) is 8.57. The summed E-state index contributed by atoms with van der Waals surface area (Å²) in [4.78, 5) is 13.3. The number of halogens is 3. The lowest BCUT2D eigenvalue weighted by atomic mass is 9.83. The van der Waals surface area contributed by atoms with Crippen LogP contribution >= 0.6 is 51.3 Å². The van der Waals surface area contributed by atoms with E-state index in [0.717, 1.165) is 27.6 Å². The molecule has 0 saturated heterocycles. The molecule has 37 heavy (non-hydrogen) atoms. The van der Waals surface area contributed by atoms with Crippen molar-refractivity contribution in [2.24, 2.45) is 7.05 Å². The molecular weight excluding hydrogens is 595 g/mol. The number of pyridine rings is 1. The minimum absolute atomic E-state index is 0.101. The van der Waals surface area contributed by atoms with Crippen molar-refractivity contribution in [3.63, 3.8) is 0 Å². The Labute approximate surface area is 235 Å². The van der Waals surface area contributed by atoms with E-state index in [1.54, 1.807) is 46.5 Å². The van der Waals surface area contributed by atoms with Crippen LogP contribution in [0, 0.1) is 4.77 Å². The Morgan fingerprint density at radius 2 is 1.84 bits per heavy atom. The molecule has 1 aliphatic rings. The molecule has 6 rings (SSSR count). The third kappa shape index (κ3) is 3.73. The Kier molecular flexibility index (Phi) is 5.93. The van der Waals surface area contributed by atoms with Gasteiger partial charge in [-0.2, -0.15) is 5.10 Å². The van der Waals surface area contributed by atoms with Gasteiger partial charge < -0.3 is 14.2 Å². The average Bonchev–Trinajstić information content (AvgIpc) is 3.46. The Bertz CT molecular complexity index is 1850. The highest BCUT2D eigenvalue weighted by atomic mass is 79.9. The standard InChI is InChI=1S/C27H19BrCl2N4O2S/c1-33-25(31-32-26(33)37)27(36,16-5-7-18(29)8-6-16)17-11-15-9-10-34-23(15)20(13-17)21(22(28)24(34)35)14-3-2-4-19(30)12-14/h2-8,11-13,36H,9-10H2,1H3,(H,32,37). The summed E-state index contributed by atoms with van der Waals surface area (Å²) in [5, 5.41) is 21.7. The predicted octanol–water partition coefficient (Wildman–Crippen LogP) is 6.37. The predicted molar refractivity (Wildman–Crippen MR) is 152 cm³/mol. The van der Waals surface area contributed by atoms with Crippen molar-refractivity contribution >= 4 is 62.3 Å². The lowest BCUT2D eigenvalue weighted by molar-refractivity contribution is 0.112. The van der Waals surface area contributed by atoms with Gasteiger partial charge in [0, 0.05) is 34.6 Å². The van der Waals surface area contributed by atoms with Crippen LogP contribution in [0.3, 0.4) is 0 Å². The van der Waals surface area contributed by atoms with Gasteiger partial charge in [0.15, 0.2) is 16.2 Å². The number of hydrogen-bond donors (Lipinski definition) is 2. The van der Waals surface area contributed by atoms with Crippen LogP contribution in [-0.2, 0) is 25.6 Å². The molecular formula is C27H19BrCl2N4O2S. The number of aromatic nitrogens is 4. The normalized spacial score (nSPS) is 14.3. The van der Waals surface area contributed by atoms with Crippen LogP contribution in [0.25, 0.3) is 22.0 Å². The molecule has 3 heterocycles. The van der Waals surface area contributed by atoms with Crippen molar-refractivity contribution in [3.8, 4) is 11.1 Å². The van der Waals surface area contributed by atoms with E-state index in [-0.39, 0.29) is 5.56 Å². The fraction of sp³-hybridized carbons (Fsp3) is 0.148. The SMILES string of the molecule is Cn1c(C(O)(c2ccc(Cl)cc2)c2cc3c4c(c2)c(-c2cccc(Cl)c2)c(Br)c(=O)n4CC3)n[nH]c1=S. The molecule has 0 amide bonds. The molecule has 0 aliphatic carbocycles. The van der Waals surface area contributed by atoms with Crippen molar-refractivity contribution in [1.82, 2.24) is 19.3 Å². The molecule has 0 saturated carbocycles. The number of rotatable bonds is 4. The second-order valence-electron chi connectivity index (χ2n) is 9.07. The minimum Gasteiger partial charge on any atom is -0.373 e. The topological polar surface area (TPSA) is 75.8 Å². The monoisotopic (exact) mass is 612 g/mol. The van der Waals surface area contributed by atoms with E-state index in [1.807, 2.05) is 30.3 Å². The smallest absolute Gasteiger partial charge is 0.266 e. The van der Waals surface area contributed by atoms with E-state index < -0.39 is 5.60 Å². The molecule has 1 atom stereocenters. The highest BCUT2D eigenvalue weighted by Crippen LogP contribution is 2.43. The zero-order chi connectivity index (χ0) is 26.1. The number of H-pyrrole nitrogens is 1. The van der Waals surface area contributed by atoms with Crippen molar-refractivity contribution in [3.05, 3.63) is 113 Å². The maximum absolute atomic E-state index is 13.3. The third-order valence-electron chi connectivity index (χ3n) is 6.98. The van der Waals surface area contributed by atoms with Gasteiger partial charge in [0.1, 0.15) is 0 Å². The van der Waals surface area contributed by atoms with Crippen LogP contribution < -0.4 is 5.56 Å². The van der Waals surface area contributed by atoms with Crippen LogP contribution in [0.15, 0.2) is 69.9 Å². The van der Waals surface area contributed by atoms with E-state index in [2.05, 4.69) is 26.1 Å². The summed E-state index contributed by atoms with van der Waals surface area (Å²) in [6, 6.07) is 18.3. The zero-order valence-electron chi connectivity index (χ0n) is 19.4. The van der Waals surface area contributed by atoms with Crippen LogP contribution in [-0.4, -0.2) is 24.4 Å². The molecule has 5 aromatic rings. The van der Waals surface area contributed by atoms with Gasteiger partial charge in [0.2, 0.25) is 0 Å². The molecule has 0 fully saturated rings. The number of aliphatic hydroxyl groups is 1. The number of nitrogens with one attached hydrogen (secondary N) is 1. The van der Waals surface area contributed by atoms with E-state index in [0.29, 0.717) is 49.2 Å². The number of benzene rings is 3. The van der Waals surface area contributed by atoms with Gasteiger partial charge in [0.25, 0.3) is 5.56 Å². The van der Waals surface area contributed by atoms with E-state index in [1.165, 1.54) is 0 Å². The van der Waals surface area contributed by atoms with Gasteiger partial charge in [-0.25, -0.2) is 0 Å². The summed E-state index contributed by atoms with van der Waals surface area (Å²) < 4.78 is 4.26. The summed E-state index contributed by atoms with van der Waals surface area (Å²) in [5.74, 6) is 0.334. The molecule has 6 nitrogen and oxygen atoms in total. The summed E-state index contributed by atoms with van der Waals surface area (Å²) in [6.07, 6.45) is 0.653. The fourth-order valence-electron chi connectivity index (χ4n) is 5.21. The second kappa shape index (κ2) is 8.92. The molecule has 2 N–H and O–H groups in total. The number of nitrogens with zero attached hydrogens (tertiary/aromatic N) is 3. The lowest BCUT2D eigenvalue weighted by Crippen LogP contribution is -2.32. The van der Waals surface area contributed by atoms with Crippen molar-refractivity contribution in [2.75, 3.05) is 0 Å². The maximum Gasteiger partial charge on any atom is 0.266 e. The molecule has 0 spiro atoms. The molecule has 10 heteroatoms. The van der Waals surface area contributed by atoms with Crippen LogP contribution in [0.5, 0.6) is 0 Å². The maximum atomic E-state index is 13.3. The summed E-state index contributed by atoms with van der Waals surface area (Å²) in [5.41, 5.74) is 2.73. The van der Waals surface area contributed by atoms with Gasteiger partial charge in [-0.05, 0) is 93.2 Å². The molecule has 0 bridgehead atoms. The average molecular weight is 614 g/mol. The summed E-state index contributed by atoms with van der Waals surface area (Å²) in [6.45, 7) is 0.550. The fourth-order valence-corrected chi connectivity index (χ4v) is 6.31. The lowest BCUT2D eigenvalue weighted by Gasteiger charge is -2.29. The molecule has 186 valence electrons. The van der Waals surface area contributed by atoms with Crippen LogP contribution in [0.4, 0.5) is 0 Å². The first-order valence-corrected chi connectivity index (χ1v) is 13.4. The van der Waals surface area contributed by atoms with Crippen LogP contribution in [0.1, 0.15) is 22.5 Å². The Hall–Kier alpha value is -2.75. The Morgan fingerprint density at radius 3 is 2.51 bits per heavy atom. The van der Waals surface area contributed by atoms with E-state index >= 15 is 0 Å². The van der Waals surface area contributed by atoms with Crippen molar-refractivity contribution in [2.45, 2.75) is 18.6 Å². The Morgan fingerprint density at radius 1 is 1.08 bits per heavy atom. The quantitative estimate of drug-likeness (QED) is 0.231. The second-order valence-corrected chi connectivity index (χ2v) is 11.1. The van der Waals surface area contributed by atoms with Gasteiger partial charge >= 0.3 is 0 Å². The minimum atomic E-state index is -1.67. The molecule has 0 radical (unpaired) electrons. The van der Waals surface area contributed by atoms with E-state index in [4.69, 9.17) is 35.4 Å². The van der Waals surface area contributed by atoms with Gasteiger partial charge in [0.05, 0.1) is 9.99 Å². The first kappa shape index (κ1) is 24.6. The molecule has 1 unspecified atom stereocenters. The van der Waals surface area contributed by atoms with Crippen molar-refractivity contribution < 1.29 is 5.11 Å². The highest BCUT2D eigenvalue weighted by Gasteiger charge is 2.40. The summed E-state index contributed by atoms with van der Waals surface area (Å²) >= 11 is 21.5. The largest absolute Gasteiger partial charge is 0.373 e. The number of aryl methyl sites for hydroxylation is 2. The van der Waals surface area contributed by atoms with Crippen molar-refractivity contribution in [1.29, 1.82) is 0 Å². The van der Waals surface area contributed by atoms with Crippen LogP contribution in [0.2, 0.25) is 10.0 Å². The highest BCUT2D eigenvalue weighted by molar-refractivity contribution is 9.10. The molecule has 1 aliphatic heterocycles. The molecule has 3 aromatic carbocycles. The first-order valence-electron chi connectivity index (χ1n) is 11.5. The van der Waals surface area contributed by atoms with E-state index in [9.17, 15) is 9.90 Å². The first-order chi connectivity index (χ1) is 17.7. The number of hydrogen-bond acceptors (Lipinski definition) is 4. The molecule has 2 aromatic heterocycles. The number of aromatic amines is 1. The summed E-state index contributed by atoms with van der Waals surface area (Å²) in [7, 11) is 1.76. The van der Waals surface area contributed by atoms with Gasteiger partial charge in [-0.3, -0.25) is 9.89 Å². The van der Waals surface area contributed by atoms with Gasteiger partial charge in [-0.1, -0.05) is 47.5 Å².